The van der Waals surface area contributed by atoms with Gasteiger partial charge in [0.1, 0.15) is 11.3 Å². The lowest BCUT2D eigenvalue weighted by Gasteiger charge is -2.39. The molecule has 0 radical (unpaired) electrons. The molecule has 1 aliphatic carbocycles. The van der Waals surface area contributed by atoms with Crippen LogP contribution in [0.2, 0.25) is 0 Å². The van der Waals surface area contributed by atoms with Crippen LogP contribution in [0.5, 0.6) is 0 Å². The van der Waals surface area contributed by atoms with Gasteiger partial charge in [-0.2, -0.15) is 0 Å². The van der Waals surface area contributed by atoms with E-state index < -0.39 is 11.7 Å². The molecular weight excluding hydrogens is 413 g/mol. The number of piperidine rings is 1. The van der Waals surface area contributed by atoms with E-state index in [0.29, 0.717) is 29.2 Å². The molecule has 1 saturated heterocycles. The molecule has 1 amide bonds. The molecule has 8 nitrogen and oxygen atoms in total. The van der Waals surface area contributed by atoms with Gasteiger partial charge in [-0.25, -0.2) is 13.9 Å². The fraction of sp³-hybridized carbons (Fsp3) is 0.522. The zero-order valence-electron chi connectivity index (χ0n) is 18.4. The van der Waals surface area contributed by atoms with E-state index >= 15 is 0 Å². The van der Waals surface area contributed by atoms with Crippen LogP contribution >= 0.6 is 0 Å². The van der Waals surface area contributed by atoms with Crippen LogP contribution in [0.4, 0.5) is 4.39 Å². The molecule has 2 aromatic heterocycles. The summed E-state index contributed by atoms with van der Waals surface area (Å²) in [7, 11) is 0. The Kier molecular flexibility index (Phi) is 4.96. The van der Waals surface area contributed by atoms with Crippen molar-refractivity contribution in [3.63, 3.8) is 0 Å². The normalized spacial score (nSPS) is 23.0. The Hall–Kier alpha value is -2.94. The van der Waals surface area contributed by atoms with E-state index in [1.807, 2.05) is 13.1 Å². The molecule has 2 fully saturated rings. The summed E-state index contributed by atoms with van der Waals surface area (Å²) in [4.78, 5) is 30.8. The third kappa shape index (κ3) is 3.44. The number of halogens is 1. The molecule has 3 heterocycles. The van der Waals surface area contributed by atoms with Gasteiger partial charge in [-0.05, 0) is 51.3 Å². The Labute approximate surface area is 184 Å². The molecule has 1 aliphatic heterocycles. The number of nitrogens with zero attached hydrogens (tertiary/aromatic N) is 3. The van der Waals surface area contributed by atoms with E-state index in [-0.39, 0.29) is 22.9 Å². The maximum Gasteiger partial charge on any atom is 0.309 e. The number of carbonyl (C=O) groups is 2. The minimum Gasteiger partial charge on any atom is -0.466 e. The van der Waals surface area contributed by atoms with Gasteiger partial charge < -0.3 is 15.4 Å². The first kappa shape index (κ1) is 20.9. The molecule has 0 bridgehead atoms. The number of aromatic nitrogens is 3. The molecule has 2 aliphatic rings. The lowest BCUT2D eigenvalue weighted by Crippen LogP contribution is -2.42. The fourth-order valence-electron chi connectivity index (χ4n) is 5.12. The molecule has 9 heteroatoms. The summed E-state index contributed by atoms with van der Waals surface area (Å²) < 4.78 is 20.9. The van der Waals surface area contributed by atoms with Gasteiger partial charge in [0, 0.05) is 29.8 Å². The minimum atomic E-state index is -0.687. The average molecular weight is 442 g/mol. The highest BCUT2D eigenvalue weighted by Crippen LogP contribution is 2.43. The summed E-state index contributed by atoms with van der Waals surface area (Å²) in [5, 5.41) is 3.19. The smallest absolute Gasteiger partial charge is 0.309 e. The number of fused-ring (bicyclic) bond motifs is 3. The molecule has 3 aromatic rings. The molecular formula is C23H28FN5O3. The number of benzene rings is 1. The van der Waals surface area contributed by atoms with Gasteiger partial charge in [-0.15, -0.1) is 0 Å². The maximum absolute atomic E-state index is 14.0. The Morgan fingerprint density at radius 3 is 2.78 bits per heavy atom. The Bertz CT molecular complexity index is 1210. The van der Waals surface area contributed by atoms with E-state index in [1.54, 1.807) is 4.52 Å². The Morgan fingerprint density at radius 2 is 2.09 bits per heavy atom. The van der Waals surface area contributed by atoms with Gasteiger partial charge in [0.15, 0.2) is 5.65 Å². The molecule has 2 atom stereocenters. The number of H-pyrrole nitrogens is 1. The van der Waals surface area contributed by atoms with Gasteiger partial charge in [-0.1, -0.05) is 6.92 Å². The van der Waals surface area contributed by atoms with Gasteiger partial charge >= 0.3 is 5.97 Å². The Morgan fingerprint density at radius 1 is 1.34 bits per heavy atom. The number of ether oxygens (including phenoxy) is 1. The summed E-state index contributed by atoms with van der Waals surface area (Å²) in [5.74, 6) is -0.823. The van der Waals surface area contributed by atoms with Crippen molar-refractivity contribution in [1.82, 2.24) is 19.5 Å². The van der Waals surface area contributed by atoms with Crippen LogP contribution in [0.25, 0.3) is 16.7 Å². The number of nitrogens with one attached hydrogen (secondary N) is 1. The Balaban J connectivity index is 1.34. The zero-order chi connectivity index (χ0) is 22.6. The van der Waals surface area contributed by atoms with Crippen LogP contribution in [-0.4, -0.2) is 57.6 Å². The minimum absolute atomic E-state index is 0.0600. The number of imidazole rings is 1. The molecule has 3 N–H and O–H groups in total. The second-order valence-corrected chi connectivity index (χ2v) is 9.36. The maximum atomic E-state index is 14.0. The standard InChI is InChI=1S/C23H28FN5O3/c1-3-32-22(31)15-8-13(15)12-28-6-4-23(2,5-7-28)17-11-26-29-19-16(20(25)30)9-14(24)10-18(19)27-21(17)29/h9-11,13,15,26H,3-8,12H2,1-2H3,(H2,25,30). The fourth-order valence-corrected chi connectivity index (χ4v) is 5.12. The number of esters is 1. The first-order valence-electron chi connectivity index (χ1n) is 11.2. The second kappa shape index (κ2) is 7.58. The number of likely N-dealkylation sites (tertiary alicyclic amines) is 1. The molecule has 0 spiro atoms. The number of amides is 1. The van der Waals surface area contributed by atoms with Crippen molar-refractivity contribution in [2.75, 3.05) is 26.2 Å². The van der Waals surface area contributed by atoms with Gasteiger partial charge in [0.25, 0.3) is 5.91 Å². The van der Waals surface area contributed by atoms with Crippen LogP contribution < -0.4 is 5.73 Å². The zero-order valence-corrected chi connectivity index (χ0v) is 18.4. The summed E-state index contributed by atoms with van der Waals surface area (Å²) in [5.41, 5.74) is 8.16. The number of aromatic amines is 1. The van der Waals surface area contributed by atoms with Crippen molar-refractivity contribution in [1.29, 1.82) is 0 Å². The first-order valence-corrected chi connectivity index (χ1v) is 11.2. The highest BCUT2D eigenvalue weighted by atomic mass is 19.1. The third-order valence-electron chi connectivity index (χ3n) is 7.18. The topological polar surface area (TPSA) is 106 Å². The number of nitrogens with two attached hydrogens (primary N) is 1. The van der Waals surface area contributed by atoms with Crippen molar-refractivity contribution in [3.05, 3.63) is 35.3 Å². The summed E-state index contributed by atoms with van der Waals surface area (Å²) in [6.45, 7) is 7.29. The summed E-state index contributed by atoms with van der Waals surface area (Å²) >= 11 is 0. The molecule has 1 aromatic carbocycles. The van der Waals surface area contributed by atoms with Crippen molar-refractivity contribution >= 4 is 28.6 Å². The number of hydrogen-bond acceptors (Lipinski definition) is 5. The summed E-state index contributed by atoms with van der Waals surface area (Å²) in [6.07, 6.45) is 4.74. The van der Waals surface area contributed by atoms with Gasteiger partial charge in [-0.3, -0.25) is 14.7 Å². The third-order valence-corrected chi connectivity index (χ3v) is 7.18. The average Bonchev–Trinajstić information content (AvgIpc) is 3.24. The lowest BCUT2D eigenvalue weighted by atomic mass is 9.75. The second-order valence-electron chi connectivity index (χ2n) is 9.36. The predicted octanol–water partition coefficient (Wildman–Crippen LogP) is 2.61. The number of carbonyl (C=O) groups excluding carboxylic acids is 2. The largest absolute Gasteiger partial charge is 0.466 e. The van der Waals surface area contributed by atoms with Crippen LogP contribution in [0.15, 0.2) is 18.3 Å². The highest BCUT2D eigenvalue weighted by molar-refractivity contribution is 6.05. The number of hydrogen-bond donors (Lipinski definition) is 2. The number of rotatable bonds is 6. The van der Waals surface area contributed by atoms with Gasteiger partial charge in [0.05, 0.1) is 23.6 Å². The predicted molar refractivity (Wildman–Crippen MR) is 117 cm³/mol. The van der Waals surface area contributed by atoms with E-state index in [2.05, 4.69) is 21.9 Å². The van der Waals surface area contributed by atoms with Crippen LogP contribution in [0.3, 0.4) is 0 Å². The van der Waals surface area contributed by atoms with Crippen LogP contribution in [0.1, 0.15) is 49.0 Å². The van der Waals surface area contributed by atoms with Crippen molar-refractivity contribution in [3.8, 4) is 0 Å². The quantitative estimate of drug-likeness (QED) is 0.572. The van der Waals surface area contributed by atoms with Crippen LogP contribution in [0, 0.1) is 17.7 Å². The molecule has 2 unspecified atom stereocenters. The van der Waals surface area contributed by atoms with E-state index in [0.717, 1.165) is 50.5 Å². The monoisotopic (exact) mass is 441 g/mol. The van der Waals surface area contributed by atoms with Crippen molar-refractivity contribution in [2.45, 2.75) is 38.5 Å². The molecule has 1 saturated carbocycles. The molecule has 32 heavy (non-hydrogen) atoms. The van der Waals surface area contributed by atoms with E-state index in [1.165, 1.54) is 6.07 Å². The first-order chi connectivity index (χ1) is 15.3. The lowest BCUT2D eigenvalue weighted by molar-refractivity contribution is -0.145. The molecule has 170 valence electrons. The highest BCUT2D eigenvalue weighted by Gasteiger charge is 2.45. The van der Waals surface area contributed by atoms with Gasteiger partial charge in [0.2, 0.25) is 0 Å². The van der Waals surface area contributed by atoms with Crippen molar-refractivity contribution < 1.29 is 18.7 Å². The van der Waals surface area contributed by atoms with Crippen molar-refractivity contribution in [2.24, 2.45) is 17.6 Å². The molecule has 5 rings (SSSR count). The van der Waals surface area contributed by atoms with E-state index in [4.69, 9.17) is 10.5 Å². The SMILES string of the molecule is CCOC(=O)C1CC1CN1CCC(C)(c2c[nH]n3c2nc2cc(F)cc(C(N)=O)c23)CC1. The summed E-state index contributed by atoms with van der Waals surface area (Å²) in [6, 6.07) is 2.48. The number of primary amides is 1. The van der Waals surface area contributed by atoms with E-state index in [9.17, 15) is 14.0 Å². The van der Waals surface area contributed by atoms with Crippen LogP contribution in [-0.2, 0) is 14.9 Å².